The van der Waals surface area contributed by atoms with Crippen LogP contribution in [0.2, 0.25) is 0 Å². The topological polar surface area (TPSA) is 59.7 Å². The molecule has 6 heteroatoms. The van der Waals surface area contributed by atoms with Crippen LogP contribution in [-0.4, -0.2) is 26.8 Å². The molecule has 116 valence electrons. The van der Waals surface area contributed by atoms with Crippen LogP contribution in [0.1, 0.15) is 30.5 Å². The Balaban J connectivity index is 2.09. The first-order chi connectivity index (χ1) is 10.8. The SMILES string of the molecule is CCCCc1nn2c(CO)c(-c3ccccc3OC)nc2s1. The van der Waals surface area contributed by atoms with Crippen LogP contribution in [0.5, 0.6) is 5.75 Å². The van der Waals surface area contributed by atoms with Crippen LogP contribution in [-0.2, 0) is 13.0 Å². The van der Waals surface area contributed by atoms with Crippen LogP contribution in [0.3, 0.4) is 0 Å². The number of rotatable bonds is 6. The lowest BCUT2D eigenvalue weighted by atomic mass is 10.1. The van der Waals surface area contributed by atoms with Gasteiger partial charge >= 0.3 is 0 Å². The summed E-state index contributed by atoms with van der Waals surface area (Å²) in [5.41, 5.74) is 2.32. The maximum atomic E-state index is 9.78. The van der Waals surface area contributed by atoms with Crippen molar-refractivity contribution in [2.75, 3.05) is 7.11 Å². The van der Waals surface area contributed by atoms with E-state index in [0.29, 0.717) is 5.69 Å². The molecule has 5 nitrogen and oxygen atoms in total. The molecule has 0 spiro atoms. The lowest BCUT2D eigenvalue weighted by Gasteiger charge is -2.07. The molecule has 0 bridgehead atoms. The number of hydrogen-bond donors (Lipinski definition) is 1. The number of methoxy groups -OCH3 is 1. The fourth-order valence-electron chi connectivity index (χ4n) is 2.46. The second-order valence-electron chi connectivity index (χ2n) is 5.06. The molecule has 0 saturated carbocycles. The van der Waals surface area contributed by atoms with Gasteiger partial charge < -0.3 is 9.84 Å². The number of ether oxygens (including phenoxy) is 1. The number of nitrogens with zero attached hydrogens (tertiary/aromatic N) is 3. The molecule has 2 aromatic heterocycles. The maximum Gasteiger partial charge on any atom is 0.213 e. The van der Waals surface area contributed by atoms with Gasteiger partial charge in [0.2, 0.25) is 4.96 Å². The summed E-state index contributed by atoms with van der Waals surface area (Å²) in [5.74, 6) is 0.745. The van der Waals surface area contributed by atoms with Gasteiger partial charge in [0.25, 0.3) is 0 Å². The number of para-hydroxylation sites is 1. The molecule has 0 aliphatic carbocycles. The highest BCUT2D eigenvalue weighted by Gasteiger charge is 2.19. The third-order valence-corrected chi connectivity index (χ3v) is 4.56. The number of unbranched alkanes of at least 4 members (excludes halogenated alkanes) is 1. The summed E-state index contributed by atoms with van der Waals surface area (Å²) in [6.45, 7) is 2.06. The first kappa shape index (κ1) is 15.0. The number of fused-ring (bicyclic) bond motifs is 1. The van der Waals surface area contributed by atoms with Crippen molar-refractivity contribution < 1.29 is 9.84 Å². The number of aryl methyl sites for hydroxylation is 1. The van der Waals surface area contributed by atoms with Crippen molar-refractivity contribution in [1.29, 1.82) is 0 Å². The van der Waals surface area contributed by atoms with Crippen LogP contribution in [0.4, 0.5) is 0 Å². The van der Waals surface area contributed by atoms with Crippen LogP contribution >= 0.6 is 11.3 Å². The summed E-state index contributed by atoms with van der Waals surface area (Å²) in [7, 11) is 1.64. The summed E-state index contributed by atoms with van der Waals surface area (Å²) >= 11 is 1.58. The zero-order chi connectivity index (χ0) is 15.5. The summed E-state index contributed by atoms with van der Waals surface area (Å²) in [5, 5.41) is 15.4. The number of benzene rings is 1. The van der Waals surface area contributed by atoms with E-state index in [1.54, 1.807) is 23.0 Å². The molecule has 3 aromatic rings. The Morgan fingerprint density at radius 1 is 1.32 bits per heavy atom. The monoisotopic (exact) mass is 317 g/mol. The summed E-state index contributed by atoms with van der Waals surface area (Å²) in [6, 6.07) is 7.69. The molecule has 0 aliphatic rings. The van der Waals surface area contributed by atoms with E-state index in [2.05, 4.69) is 17.0 Å². The summed E-state index contributed by atoms with van der Waals surface area (Å²) in [4.78, 5) is 5.49. The van der Waals surface area contributed by atoms with E-state index in [0.717, 1.165) is 46.2 Å². The van der Waals surface area contributed by atoms with Crippen molar-refractivity contribution in [3.8, 4) is 17.0 Å². The minimum atomic E-state index is -0.106. The lowest BCUT2D eigenvalue weighted by molar-refractivity contribution is 0.275. The van der Waals surface area contributed by atoms with Crippen molar-refractivity contribution in [2.45, 2.75) is 32.8 Å². The average Bonchev–Trinajstić information content (AvgIpc) is 3.09. The van der Waals surface area contributed by atoms with Gasteiger partial charge in [0.15, 0.2) is 0 Å². The smallest absolute Gasteiger partial charge is 0.213 e. The fourth-order valence-corrected chi connectivity index (χ4v) is 3.41. The standard InChI is InChI=1S/C16H19N3O2S/c1-3-4-9-14-18-19-12(10-20)15(17-16(19)22-14)11-7-5-6-8-13(11)21-2/h5-8,20H,3-4,9-10H2,1-2H3. The van der Waals surface area contributed by atoms with E-state index in [1.165, 1.54) is 0 Å². The largest absolute Gasteiger partial charge is 0.496 e. The highest BCUT2D eigenvalue weighted by atomic mass is 32.1. The molecule has 0 atom stereocenters. The maximum absolute atomic E-state index is 9.78. The zero-order valence-corrected chi connectivity index (χ0v) is 13.6. The molecule has 0 radical (unpaired) electrons. The Bertz CT molecular complexity index is 779. The molecule has 0 fully saturated rings. The third kappa shape index (κ3) is 2.60. The van der Waals surface area contributed by atoms with Gasteiger partial charge in [-0.1, -0.05) is 36.8 Å². The van der Waals surface area contributed by atoms with Crippen LogP contribution in [0.15, 0.2) is 24.3 Å². The molecule has 0 aliphatic heterocycles. The summed E-state index contributed by atoms with van der Waals surface area (Å²) < 4.78 is 7.16. The number of aliphatic hydroxyl groups is 1. The molecule has 22 heavy (non-hydrogen) atoms. The molecule has 0 amide bonds. The van der Waals surface area contributed by atoms with Gasteiger partial charge in [-0.3, -0.25) is 0 Å². The highest BCUT2D eigenvalue weighted by Crippen LogP contribution is 2.33. The third-order valence-electron chi connectivity index (χ3n) is 3.59. The molecule has 1 N–H and O–H groups in total. The minimum absolute atomic E-state index is 0.106. The van der Waals surface area contributed by atoms with Gasteiger partial charge in [-0.05, 0) is 18.6 Å². The first-order valence-electron chi connectivity index (χ1n) is 7.40. The Hall–Kier alpha value is -1.92. The second kappa shape index (κ2) is 6.46. The number of aromatic nitrogens is 3. The van der Waals surface area contributed by atoms with Crippen molar-refractivity contribution in [1.82, 2.24) is 14.6 Å². The minimum Gasteiger partial charge on any atom is -0.496 e. The van der Waals surface area contributed by atoms with Gasteiger partial charge in [0, 0.05) is 12.0 Å². The van der Waals surface area contributed by atoms with Gasteiger partial charge in [-0.25, -0.2) is 9.50 Å². The molecule has 0 saturated heterocycles. The van der Waals surface area contributed by atoms with Gasteiger partial charge in [-0.2, -0.15) is 5.10 Å². The normalized spacial score (nSPS) is 11.2. The molecular weight excluding hydrogens is 298 g/mol. The summed E-state index contributed by atoms with van der Waals surface area (Å²) in [6.07, 6.45) is 3.21. The molecular formula is C16H19N3O2S. The highest BCUT2D eigenvalue weighted by molar-refractivity contribution is 7.16. The Labute approximate surface area is 133 Å². The Morgan fingerprint density at radius 2 is 2.14 bits per heavy atom. The quantitative estimate of drug-likeness (QED) is 0.758. The van der Waals surface area contributed by atoms with E-state index in [9.17, 15) is 5.11 Å². The molecule has 2 heterocycles. The lowest BCUT2D eigenvalue weighted by Crippen LogP contribution is -1.97. The van der Waals surface area contributed by atoms with E-state index < -0.39 is 0 Å². The van der Waals surface area contributed by atoms with E-state index in [-0.39, 0.29) is 6.61 Å². The van der Waals surface area contributed by atoms with Gasteiger partial charge in [0.05, 0.1) is 19.4 Å². The van der Waals surface area contributed by atoms with E-state index in [4.69, 9.17) is 4.74 Å². The number of aliphatic hydroxyl groups excluding tert-OH is 1. The van der Waals surface area contributed by atoms with Crippen molar-refractivity contribution in [3.63, 3.8) is 0 Å². The zero-order valence-electron chi connectivity index (χ0n) is 12.7. The van der Waals surface area contributed by atoms with E-state index in [1.807, 2.05) is 24.3 Å². The molecule has 1 aromatic carbocycles. The fraction of sp³-hybridized carbons (Fsp3) is 0.375. The Morgan fingerprint density at radius 3 is 2.86 bits per heavy atom. The van der Waals surface area contributed by atoms with E-state index >= 15 is 0 Å². The number of hydrogen-bond acceptors (Lipinski definition) is 5. The van der Waals surface area contributed by atoms with Crippen molar-refractivity contribution in [2.24, 2.45) is 0 Å². The first-order valence-corrected chi connectivity index (χ1v) is 8.21. The van der Waals surface area contributed by atoms with Crippen molar-refractivity contribution in [3.05, 3.63) is 35.0 Å². The van der Waals surface area contributed by atoms with Gasteiger partial charge in [-0.15, -0.1) is 0 Å². The van der Waals surface area contributed by atoms with Crippen molar-refractivity contribution >= 4 is 16.3 Å². The molecule has 0 unspecified atom stereocenters. The van der Waals surface area contributed by atoms with Crippen LogP contribution < -0.4 is 4.74 Å². The predicted molar refractivity (Wildman–Crippen MR) is 87.4 cm³/mol. The van der Waals surface area contributed by atoms with Crippen LogP contribution in [0.25, 0.3) is 16.2 Å². The Kier molecular flexibility index (Phi) is 4.40. The number of imidazole rings is 1. The van der Waals surface area contributed by atoms with Crippen LogP contribution in [0, 0.1) is 0 Å². The average molecular weight is 317 g/mol. The second-order valence-corrected chi connectivity index (χ2v) is 6.10. The molecule has 3 rings (SSSR count). The predicted octanol–water partition coefficient (Wildman–Crippen LogP) is 3.30. The van der Waals surface area contributed by atoms with Gasteiger partial charge in [0.1, 0.15) is 16.5 Å².